The van der Waals surface area contributed by atoms with Gasteiger partial charge in [-0.05, 0) is 61.9 Å². The molecule has 0 unspecified atom stereocenters. The van der Waals surface area contributed by atoms with Gasteiger partial charge >= 0.3 is 5.69 Å². The van der Waals surface area contributed by atoms with Crippen LogP contribution in [0.25, 0.3) is 38.9 Å². The van der Waals surface area contributed by atoms with E-state index in [2.05, 4.69) is 15.2 Å². The van der Waals surface area contributed by atoms with Gasteiger partial charge in [-0.2, -0.15) is 5.10 Å². The number of nitrogens with zero attached hydrogens (tertiary/aromatic N) is 5. The average molecular weight is 540 g/mol. The van der Waals surface area contributed by atoms with Gasteiger partial charge in [0, 0.05) is 59.4 Å². The van der Waals surface area contributed by atoms with Gasteiger partial charge in [0.25, 0.3) is 0 Å². The zero-order valence-electron chi connectivity index (χ0n) is 22.2. The fraction of sp³-hybridized carbons (Fsp3) is 0.167. The van der Waals surface area contributed by atoms with Gasteiger partial charge in [0.05, 0.1) is 11.2 Å². The molecule has 0 aliphatic heterocycles. The van der Waals surface area contributed by atoms with Crippen molar-refractivity contribution in [3.63, 3.8) is 0 Å². The van der Waals surface area contributed by atoms with Crippen molar-refractivity contribution < 1.29 is 8.78 Å². The number of halogens is 2. The standard InChI is InChI=1S/C30H27F2N7O/c1-17(2)34-28(33)19-6-4-5-18(11-19)14-38-16-27(23-13-21(32)8-10-26(23)38)39-29(35-36-30(39)40)24-15-37(3)25-9-7-20(31)12-22(24)25/h4-13,15-17H,14H2,1-3H3,(H2,33,34)(H,36,40). The summed E-state index contributed by atoms with van der Waals surface area (Å²) in [6.45, 7) is 4.36. The number of hydrogen-bond donors (Lipinski definition) is 2. The van der Waals surface area contributed by atoms with Crippen molar-refractivity contribution in [3.05, 3.63) is 106 Å². The Labute approximate surface area is 228 Å². The van der Waals surface area contributed by atoms with E-state index in [1.54, 1.807) is 24.5 Å². The van der Waals surface area contributed by atoms with Gasteiger partial charge in [-0.15, -0.1) is 0 Å². The van der Waals surface area contributed by atoms with Gasteiger partial charge in [-0.1, -0.05) is 18.2 Å². The highest BCUT2D eigenvalue weighted by atomic mass is 19.1. The number of nitrogens with one attached hydrogen (secondary N) is 1. The molecule has 0 saturated carbocycles. The van der Waals surface area contributed by atoms with Crippen LogP contribution in [-0.2, 0) is 13.6 Å². The molecule has 0 fully saturated rings. The van der Waals surface area contributed by atoms with Crippen LogP contribution in [0.3, 0.4) is 0 Å². The van der Waals surface area contributed by atoms with Crippen LogP contribution < -0.4 is 11.4 Å². The van der Waals surface area contributed by atoms with Crippen molar-refractivity contribution in [3.8, 4) is 17.1 Å². The second-order valence-electron chi connectivity index (χ2n) is 10.1. The zero-order valence-corrected chi connectivity index (χ0v) is 22.2. The Kier molecular flexibility index (Phi) is 6.10. The monoisotopic (exact) mass is 539 g/mol. The minimum atomic E-state index is -0.494. The van der Waals surface area contributed by atoms with Crippen LogP contribution in [0.5, 0.6) is 0 Å². The van der Waals surface area contributed by atoms with Crippen LogP contribution in [-0.4, -0.2) is 35.8 Å². The third-order valence-electron chi connectivity index (χ3n) is 6.90. The molecular weight excluding hydrogens is 512 g/mol. The maximum Gasteiger partial charge on any atom is 0.348 e. The van der Waals surface area contributed by atoms with Crippen molar-refractivity contribution in [1.29, 1.82) is 0 Å². The van der Waals surface area contributed by atoms with Crippen LogP contribution in [0.2, 0.25) is 0 Å². The molecule has 10 heteroatoms. The molecule has 0 aliphatic carbocycles. The van der Waals surface area contributed by atoms with Gasteiger partial charge in [-0.3, -0.25) is 4.99 Å². The van der Waals surface area contributed by atoms with Crippen LogP contribution in [0, 0.1) is 11.6 Å². The molecule has 0 amide bonds. The van der Waals surface area contributed by atoms with Crippen LogP contribution in [0.4, 0.5) is 8.78 Å². The third-order valence-corrected chi connectivity index (χ3v) is 6.90. The van der Waals surface area contributed by atoms with Crippen LogP contribution >= 0.6 is 0 Å². The summed E-state index contributed by atoms with van der Waals surface area (Å²) in [5, 5.41) is 7.95. The first-order chi connectivity index (χ1) is 19.2. The predicted octanol–water partition coefficient (Wildman–Crippen LogP) is 5.11. The SMILES string of the molecule is CC(C)N=C(N)c1cccc(Cn2cc(-n3c(-c4cn(C)c5ccc(F)cc45)n[nH]c3=O)c3cc(F)ccc32)c1. The lowest BCUT2D eigenvalue weighted by molar-refractivity contribution is 0.629. The maximum atomic E-state index is 14.5. The Morgan fingerprint density at radius 2 is 1.73 bits per heavy atom. The molecule has 3 aromatic carbocycles. The highest BCUT2D eigenvalue weighted by Crippen LogP contribution is 2.33. The summed E-state index contributed by atoms with van der Waals surface area (Å²) in [5.41, 5.74) is 10.0. The Morgan fingerprint density at radius 1 is 1.00 bits per heavy atom. The third kappa shape index (κ3) is 4.37. The maximum absolute atomic E-state index is 14.5. The quantitative estimate of drug-likeness (QED) is 0.227. The van der Waals surface area contributed by atoms with Crippen molar-refractivity contribution >= 4 is 27.6 Å². The normalized spacial score (nSPS) is 12.3. The average Bonchev–Trinajstić information content (AvgIpc) is 3.56. The Hall–Kier alpha value is -4.99. The smallest absolute Gasteiger partial charge is 0.348 e. The Balaban J connectivity index is 1.51. The first kappa shape index (κ1) is 25.3. The molecule has 3 heterocycles. The lowest BCUT2D eigenvalue weighted by Crippen LogP contribution is -2.16. The number of aromatic nitrogens is 5. The van der Waals surface area contributed by atoms with E-state index in [1.165, 1.54) is 28.8 Å². The number of H-pyrrole nitrogens is 1. The minimum absolute atomic E-state index is 0.0650. The summed E-state index contributed by atoms with van der Waals surface area (Å²) in [6, 6.07) is 16.8. The van der Waals surface area contributed by atoms with Crippen molar-refractivity contribution in [2.45, 2.75) is 26.4 Å². The van der Waals surface area contributed by atoms with Crippen molar-refractivity contribution in [2.24, 2.45) is 17.8 Å². The second kappa shape index (κ2) is 9.64. The first-order valence-corrected chi connectivity index (χ1v) is 12.8. The number of amidine groups is 1. The fourth-order valence-corrected chi connectivity index (χ4v) is 5.18. The minimum Gasteiger partial charge on any atom is -0.383 e. The number of hydrogen-bond acceptors (Lipinski definition) is 3. The molecule has 8 nitrogen and oxygen atoms in total. The summed E-state index contributed by atoms with van der Waals surface area (Å²) in [6.07, 6.45) is 3.60. The summed E-state index contributed by atoms with van der Waals surface area (Å²) in [7, 11) is 1.84. The molecule has 0 bridgehead atoms. The Morgan fingerprint density at radius 3 is 2.48 bits per heavy atom. The lowest BCUT2D eigenvalue weighted by atomic mass is 10.1. The highest BCUT2D eigenvalue weighted by molar-refractivity contribution is 5.98. The molecule has 40 heavy (non-hydrogen) atoms. The number of nitrogens with two attached hydrogens (primary N) is 1. The molecule has 3 N–H and O–H groups in total. The summed E-state index contributed by atoms with van der Waals surface area (Å²) >= 11 is 0. The van der Waals surface area contributed by atoms with Gasteiger partial charge in [-0.25, -0.2) is 23.2 Å². The number of aryl methyl sites for hydroxylation is 1. The number of rotatable bonds is 6. The molecule has 0 atom stereocenters. The van der Waals surface area contributed by atoms with Crippen molar-refractivity contribution in [1.82, 2.24) is 23.9 Å². The summed E-state index contributed by atoms with van der Waals surface area (Å²) in [5.74, 6) is -0.0804. The molecule has 0 aliphatic rings. The number of fused-ring (bicyclic) bond motifs is 2. The summed E-state index contributed by atoms with van der Waals surface area (Å²) in [4.78, 5) is 17.6. The van der Waals surface area contributed by atoms with E-state index in [0.717, 1.165) is 22.2 Å². The lowest BCUT2D eigenvalue weighted by Gasteiger charge is -2.09. The molecule has 202 valence electrons. The molecule has 0 spiro atoms. The predicted molar refractivity (Wildman–Crippen MR) is 153 cm³/mol. The van der Waals surface area contributed by atoms with E-state index in [-0.39, 0.29) is 6.04 Å². The van der Waals surface area contributed by atoms with E-state index in [4.69, 9.17) is 5.73 Å². The highest BCUT2D eigenvalue weighted by Gasteiger charge is 2.21. The number of aromatic amines is 1. The van der Waals surface area contributed by atoms with E-state index in [9.17, 15) is 13.6 Å². The molecule has 6 rings (SSSR count). The van der Waals surface area contributed by atoms with Crippen LogP contribution in [0.15, 0.2) is 82.8 Å². The fourth-order valence-electron chi connectivity index (χ4n) is 5.18. The first-order valence-electron chi connectivity index (χ1n) is 12.8. The van der Waals surface area contributed by atoms with Crippen molar-refractivity contribution in [2.75, 3.05) is 0 Å². The van der Waals surface area contributed by atoms with Gasteiger partial charge in [0.15, 0.2) is 5.82 Å². The van der Waals surface area contributed by atoms with Gasteiger partial charge in [0.1, 0.15) is 17.5 Å². The molecule has 3 aromatic heterocycles. The van der Waals surface area contributed by atoms with E-state index >= 15 is 0 Å². The Bertz CT molecular complexity index is 1990. The second-order valence-corrected chi connectivity index (χ2v) is 10.1. The zero-order chi connectivity index (χ0) is 28.1. The van der Waals surface area contributed by atoms with Gasteiger partial charge < -0.3 is 14.9 Å². The molecule has 0 saturated heterocycles. The van der Waals surface area contributed by atoms with E-state index in [1.807, 2.05) is 54.3 Å². The van der Waals surface area contributed by atoms with E-state index in [0.29, 0.717) is 40.2 Å². The van der Waals surface area contributed by atoms with Crippen LogP contribution in [0.1, 0.15) is 25.0 Å². The van der Waals surface area contributed by atoms with Gasteiger partial charge in [0.2, 0.25) is 0 Å². The molecular formula is C30H27F2N7O. The summed E-state index contributed by atoms with van der Waals surface area (Å²) < 4.78 is 33.9. The number of benzene rings is 3. The topological polar surface area (TPSA) is 98.9 Å². The largest absolute Gasteiger partial charge is 0.383 e. The molecule has 0 radical (unpaired) electrons. The molecule has 6 aromatic rings. The number of aliphatic imine (C=N–C) groups is 1. The van der Waals surface area contributed by atoms with E-state index < -0.39 is 17.3 Å².